The zero-order valence-electron chi connectivity index (χ0n) is 11.0. The molecule has 1 saturated heterocycles. The molecule has 1 atom stereocenters. The van der Waals surface area contributed by atoms with E-state index < -0.39 is 4.92 Å². The summed E-state index contributed by atoms with van der Waals surface area (Å²) in [7, 11) is 0. The first kappa shape index (κ1) is 16.4. The highest BCUT2D eigenvalue weighted by Crippen LogP contribution is 2.12. The number of rotatable bonds is 4. The molecule has 0 spiro atoms. The second-order valence-corrected chi connectivity index (χ2v) is 4.71. The third kappa shape index (κ3) is 4.79. The fraction of sp³-hybridized carbons (Fsp3) is 0.462. The van der Waals surface area contributed by atoms with Crippen molar-refractivity contribution in [2.75, 3.05) is 13.1 Å². The number of hydrogen-bond acceptors (Lipinski definition) is 4. The van der Waals surface area contributed by atoms with E-state index in [1.165, 1.54) is 12.1 Å². The number of amides is 1. The molecular weight excluding hydrogens is 282 g/mol. The second-order valence-electron chi connectivity index (χ2n) is 4.71. The average Bonchev–Trinajstić information content (AvgIpc) is 2.40. The number of nitrogens with zero attached hydrogens (tertiary/aromatic N) is 1. The Labute approximate surface area is 123 Å². The van der Waals surface area contributed by atoms with Gasteiger partial charge in [-0.05, 0) is 24.9 Å². The molecule has 2 rings (SSSR count). The van der Waals surface area contributed by atoms with Gasteiger partial charge >= 0.3 is 0 Å². The van der Waals surface area contributed by atoms with Gasteiger partial charge in [0.1, 0.15) is 0 Å². The molecule has 1 aromatic carbocycles. The Morgan fingerprint density at radius 2 is 2.10 bits per heavy atom. The molecule has 6 nitrogen and oxygen atoms in total. The Bertz CT molecular complexity index is 458. The topological polar surface area (TPSA) is 84.3 Å². The molecule has 110 valence electrons. The number of nitro groups is 1. The first-order valence-corrected chi connectivity index (χ1v) is 6.38. The third-order valence-corrected chi connectivity index (χ3v) is 3.17. The van der Waals surface area contributed by atoms with Gasteiger partial charge in [-0.25, -0.2) is 0 Å². The van der Waals surface area contributed by atoms with Gasteiger partial charge < -0.3 is 10.6 Å². The van der Waals surface area contributed by atoms with E-state index in [9.17, 15) is 14.9 Å². The van der Waals surface area contributed by atoms with E-state index in [4.69, 9.17) is 0 Å². The van der Waals surface area contributed by atoms with Crippen LogP contribution in [-0.4, -0.2) is 30.0 Å². The van der Waals surface area contributed by atoms with Crippen LogP contribution in [0.15, 0.2) is 24.3 Å². The molecule has 7 heteroatoms. The summed E-state index contributed by atoms with van der Waals surface area (Å²) in [6, 6.07) is 6.28. The number of benzene rings is 1. The molecule has 1 heterocycles. The largest absolute Gasteiger partial charge is 0.352 e. The fourth-order valence-electron chi connectivity index (χ4n) is 2.17. The molecule has 1 aliphatic rings. The predicted molar refractivity (Wildman–Crippen MR) is 78.1 cm³/mol. The molecule has 0 bridgehead atoms. The lowest BCUT2D eigenvalue weighted by molar-refractivity contribution is -0.384. The van der Waals surface area contributed by atoms with E-state index in [0.29, 0.717) is 0 Å². The van der Waals surface area contributed by atoms with Crippen molar-refractivity contribution in [1.82, 2.24) is 10.6 Å². The smallest absolute Gasteiger partial charge is 0.269 e. The molecule has 1 aliphatic heterocycles. The number of nitrogens with one attached hydrogen (secondary N) is 2. The van der Waals surface area contributed by atoms with Crippen LogP contribution in [0.4, 0.5) is 5.69 Å². The minimum Gasteiger partial charge on any atom is -0.352 e. The zero-order chi connectivity index (χ0) is 13.7. The molecule has 1 unspecified atom stereocenters. The number of carbonyl (C=O) groups excluding carboxylic acids is 1. The summed E-state index contributed by atoms with van der Waals surface area (Å²) in [5.41, 5.74) is 0.826. The van der Waals surface area contributed by atoms with Gasteiger partial charge in [0.05, 0.1) is 11.3 Å². The molecule has 0 saturated carbocycles. The van der Waals surface area contributed by atoms with Gasteiger partial charge in [0.2, 0.25) is 5.91 Å². The lowest BCUT2D eigenvalue weighted by atomic mass is 10.1. The molecule has 0 radical (unpaired) electrons. The van der Waals surface area contributed by atoms with E-state index >= 15 is 0 Å². The summed E-state index contributed by atoms with van der Waals surface area (Å²) in [5.74, 6) is -0.0393. The van der Waals surface area contributed by atoms with Crippen molar-refractivity contribution in [3.05, 3.63) is 39.9 Å². The van der Waals surface area contributed by atoms with Crippen LogP contribution in [-0.2, 0) is 11.2 Å². The number of halogens is 1. The van der Waals surface area contributed by atoms with Gasteiger partial charge in [-0.1, -0.05) is 12.1 Å². The van der Waals surface area contributed by atoms with Gasteiger partial charge in [-0.3, -0.25) is 14.9 Å². The highest BCUT2D eigenvalue weighted by atomic mass is 35.5. The highest BCUT2D eigenvalue weighted by molar-refractivity contribution is 5.85. The minimum absolute atomic E-state index is 0. The number of carbonyl (C=O) groups is 1. The monoisotopic (exact) mass is 299 g/mol. The molecule has 1 fully saturated rings. The molecule has 1 amide bonds. The summed E-state index contributed by atoms with van der Waals surface area (Å²) in [5, 5.41) is 16.7. The van der Waals surface area contributed by atoms with E-state index in [1.54, 1.807) is 12.1 Å². The highest BCUT2D eigenvalue weighted by Gasteiger charge is 2.15. The standard InChI is InChI=1S/C13H17N3O3.ClH/c17-13(15-11-2-1-7-14-9-11)8-10-3-5-12(6-4-10)16(18)19;/h3-6,11,14H,1-2,7-9H2,(H,15,17);1H. The van der Waals surface area contributed by atoms with Gasteiger partial charge in [-0.2, -0.15) is 0 Å². The third-order valence-electron chi connectivity index (χ3n) is 3.17. The van der Waals surface area contributed by atoms with Crippen LogP contribution in [0.3, 0.4) is 0 Å². The zero-order valence-corrected chi connectivity index (χ0v) is 11.8. The lowest BCUT2D eigenvalue weighted by Gasteiger charge is -2.23. The van der Waals surface area contributed by atoms with Gasteiger partial charge in [0, 0.05) is 24.7 Å². The Balaban J connectivity index is 0.00000200. The average molecular weight is 300 g/mol. The Kier molecular flexibility index (Phi) is 6.41. The van der Waals surface area contributed by atoms with Crippen molar-refractivity contribution in [1.29, 1.82) is 0 Å². The Morgan fingerprint density at radius 1 is 1.40 bits per heavy atom. The lowest BCUT2D eigenvalue weighted by Crippen LogP contribution is -2.46. The number of non-ortho nitro benzene ring substituents is 1. The summed E-state index contributed by atoms with van der Waals surface area (Å²) in [4.78, 5) is 21.9. The SMILES string of the molecule is Cl.O=C(Cc1ccc([N+](=O)[O-])cc1)NC1CCCNC1. The van der Waals surface area contributed by atoms with Crippen molar-refractivity contribution in [2.24, 2.45) is 0 Å². The van der Waals surface area contributed by atoms with Gasteiger partial charge in [-0.15, -0.1) is 12.4 Å². The summed E-state index contributed by atoms with van der Waals surface area (Å²) in [6.07, 6.45) is 2.33. The van der Waals surface area contributed by atoms with Crippen LogP contribution >= 0.6 is 12.4 Å². The van der Waals surface area contributed by atoms with Crippen LogP contribution in [0.2, 0.25) is 0 Å². The van der Waals surface area contributed by atoms with E-state index in [2.05, 4.69) is 10.6 Å². The second kappa shape index (κ2) is 7.81. The Hall–Kier alpha value is -1.66. The molecule has 1 aromatic rings. The summed E-state index contributed by atoms with van der Waals surface area (Å²) < 4.78 is 0. The van der Waals surface area contributed by atoms with Crippen molar-refractivity contribution in [3.8, 4) is 0 Å². The number of nitro benzene ring substituents is 1. The fourth-order valence-corrected chi connectivity index (χ4v) is 2.17. The maximum absolute atomic E-state index is 11.8. The van der Waals surface area contributed by atoms with Gasteiger partial charge in [0.25, 0.3) is 5.69 Å². The Morgan fingerprint density at radius 3 is 2.65 bits per heavy atom. The normalized spacial score (nSPS) is 17.9. The van der Waals surface area contributed by atoms with Crippen LogP contribution in [0.1, 0.15) is 18.4 Å². The number of piperidine rings is 1. The van der Waals surface area contributed by atoms with Gasteiger partial charge in [0.15, 0.2) is 0 Å². The van der Waals surface area contributed by atoms with E-state index in [1.807, 2.05) is 0 Å². The van der Waals surface area contributed by atoms with E-state index in [-0.39, 0.29) is 36.5 Å². The van der Waals surface area contributed by atoms with Crippen molar-refractivity contribution in [2.45, 2.75) is 25.3 Å². The van der Waals surface area contributed by atoms with Crippen molar-refractivity contribution >= 4 is 24.0 Å². The summed E-state index contributed by atoms with van der Waals surface area (Å²) in [6.45, 7) is 1.82. The minimum atomic E-state index is -0.447. The molecule has 0 aromatic heterocycles. The maximum atomic E-state index is 11.8. The van der Waals surface area contributed by atoms with Crippen LogP contribution < -0.4 is 10.6 Å². The van der Waals surface area contributed by atoms with Crippen LogP contribution in [0, 0.1) is 10.1 Å². The first-order chi connectivity index (χ1) is 9.15. The quantitative estimate of drug-likeness (QED) is 0.650. The molecular formula is C13H18ClN3O3. The number of hydrogen-bond donors (Lipinski definition) is 2. The van der Waals surface area contributed by atoms with Crippen molar-refractivity contribution < 1.29 is 9.72 Å². The summed E-state index contributed by atoms with van der Waals surface area (Å²) >= 11 is 0. The van der Waals surface area contributed by atoms with Crippen LogP contribution in [0.25, 0.3) is 0 Å². The maximum Gasteiger partial charge on any atom is 0.269 e. The van der Waals surface area contributed by atoms with Crippen LogP contribution in [0.5, 0.6) is 0 Å². The molecule has 0 aliphatic carbocycles. The van der Waals surface area contributed by atoms with Crippen molar-refractivity contribution in [3.63, 3.8) is 0 Å². The predicted octanol–water partition coefficient (Wildman–Crippen LogP) is 1.43. The first-order valence-electron chi connectivity index (χ1n) is 6.38. The molecule has 2 N–H and O–H groups in total. The van der Waals surface area contributed by atoms with E-state index in [0.717, 1.165) is 31.5 Å². The molecule has 20 heavy (non-hydrogen) atoms.